The van der Waals surface area contributed by atoms with E-state index in [0.717, 1.165) is 38.8 Å². The molecule has 0 fully saturated rings. The highest BCUT2D eigenvalue weighted by Gasteiger charge is 2.25. The molecule has 3 heterocycles. The number of nitrogens with zero attached hydrogens (tertiary/aromatic N) is 3. The average Bonchev–Trinajstić information content (AvgIpc) is 3.68. The Morgan fingerprint density at radius 1 is 0.886 bits per heavy atom. The Morgan fingerprint density at radius 2 is 1.68 bits per heavy atom. The van der Waals surface area contributed by atoms with Crippen LogP contribution in [0.15, 0.2) is 108 Å². The second-order valence-electron chi connectivity index (χ2n) is 9.97. The van der Waals surface area contributed by atoms with Crippen molar-refractivity contribution in [3.63, 3.8) is 0 Å². The predicted octanol–water partition coefficient (Wildman–Crippen LogP) is 6.90. The van der Waals surface area contributed by atoms with Crippen molar-refractivity contribution in [1.29, 1.82) is 0 Å². The van der Waals surface area contributed by atoms with Crippen molar-refractivity contribution in [3.05, 3.63) is 108 Å². The van der Waals surface area contributed by atoms with E-state index in [1.165, 1.54) is 16.0 Å². The van der Waals surface area contributed by atoms with E-state index < -0.39 is 5.91 Å². The van der Waals surface area contributed by atoms with Crippen LogP contribution >= 0.6 is 11.3 Å². The molecule has 7 aromatic rings. The predicted molar refractivity (Wildman–Crippen MR) is 172 cm³/mol. The fraction of sp³-hybridized carbons (Fsp3) is 0.0588. The van der Waals surface area contributed by atoms with Gasteiger partial charge in [0.05, 0.1) is 25.6 Å². The normalized spacial score (nSPS) is 11.1. The number of para-hydroxylation sites is 1. The summed E-state index contributed by atoms with van der Waals surface area (Å²) in [5.41, 5.74) is 11.1. The summed E-state index contributed by atoms with van der Waals surface area (Å²) in [7, 11) is 3.21. The van der Waals surface area contributed by atoms with E-state index in [9.17, 15) is 4.79 Å². The van der Waals surface area contributed by atoms with Gasteiger partial charge in [-0.25, -0.2) is 4.98 Å². The third kappa shape index (κ3) is 4.77. The molecule has 0 aliphatic rings. The highest BCUT2D eigenvalue weighted by atomic mass is 32.1. The zero-order valence-electron chi connectivity index (χ0n) is 23.8. The van der Waals surface area contributed by atoms with Crippen molar-refractivity contribution in [2.75, 3.05) is 25.3 Å². The van der Waals surface area contributed by atoms with Crippen molar-refractivity contribution in [2.24, 2.45) is 0 Å². The van der Waals surface area contributed by atoms with Crippen LogP contribution in [0.3, 0.4) is 0 Å². The van der Waals surface area contributed by atoms with Gasteiger partial charge in [0, 0.05) is 34.7 Å². The second kappa shape index (κ2) is 11.2. The summed E-state index contributed by atoms with van der Waals surface area (Å²) in [6.07, 6.45) is 1.60. The molecular weight excluding hydrogens is 574 g/mol. The number of aromatic nitrogens is 3. The molecular formula is C34H26N5O4S+. The molecule has 44 heavy (non-hydrogen) atoms. The minimum absolute atomic E-state index is 0.178. The maximum Gasteiger partial charge on any atom is 0.303 e. The molecule has 0 unspecified atom stereocenters. The Morgan fingerprint density at radius 3 is 2.50 bits per heavy atom. The Labute approximate surface area is 256 Å². The van der Waals surface area contributed by atoms with Crippen LogP contribution in [0.25, 0.3) is 49.1 Å². The van der Waals surface area contributed by atoms with E-state index in [2.05, 4.69) is 28.8 Å². The van der Waals surface area contributed by atoms with Crippen LogP contribution in [0.4, 0.5) is 11.6 Å². The Kier molecular flexibility index (Phi) is 6.88. The van der Waals surface area contributed by atoms with Crippen LogP contribution in [0.1, 0.15) is 9.67 Å². The first-order valence-corrected chi connectivity index (χ1v) is 14.5. The summed E-state index contributed by atoms with van der Waals surface area (Å²) in [6.45, 7) is 0. The molecule has 0 saturated heterocycles. The van der Waals surface area contributed by atoms with Gasteiger partial charge in [0.1, 0.15) is 21.2 Å². The third-order valence-electron chi connectivity index (χ3n) is 7.39. The summed E-state index contributed by atoms with van der Waals surface area (Å²) in [5.74, 6) is 1.01. The van der Waals surface area contributed by atoms with E-state index in [-0.39, 0.29) is 5.88 Å². The monoisotopic (exact) mass is 600 g/mol. The van der Waals surface area contributed by atoms with Gasteiger partial charge in [0.25, 0.3) is 12.1 Å². The molecule has 7 rings (SSSR count). The van der Waals surface area contributed by atoms with Gasteiger partial charge >= 0.3 is 5.88 Å². The van der Waals surface area contributed by atoms with Gasteiger partial charge in [0.15, 0.2) is 0 Å². The van der Waals surface area contributed by atoms with Gasteiger partial charge in [-0.15, -0.1) is 11.3 Å². The number of fused-ring (bicyclic) bond motifs is 2. The molecule has 0 bridgehead atoms. The van der Waals surface area contributed by atoms with E-state index in [1.807, 2.05) is 78.9 Å². The molecule has 1 amide bonds. The van der Waals surface area contributed by atoms with Crippen LogP contribution in [0.2, 0.25) is 0 Å². The van der Waals surface area contributed by atoms with Gasteiger partial charge < -0.3 is 15.2 Å². The molecule has 0 spiro atoms. The number of amides is 1. The van der Waals surface area contributed by atoms with Crippen LogP contribution in [0, 0.1) is 0 Å². The molecule has 9 nitrogen and oxygen atoms in total. The van der Waals surface area contributed by atoms with Crippen molar-refractivity contribution < 1.29 is 23.5 Å². The number of carbonyl (C=O) groups excluding carboxylic acids is 1. The molecule has 3 aromatic heterocycles. The topological polar surface area (TPSA) is 116 Å². The molecule has 216 valence electrons. The zero-order chi connectivity index (χ0) is 30.2. The number of ether oxygens (including phenoxy) is 2. The summed E-state index contributed by atoms with van der Waals surface area (Å²) in [5, 5.41) is 9.63. The Balaban J connectivity index is 1.38. The van der Waals surface area contributed by atoms with Crippen molar-refractivity contribution in [3.8, 4) is 39.6 Å². The van der Waals surface area contributed by atoms with Crippen molar-refractivity contribution in [2.45, 2.75) is 0 Å². The zero-order valence-corrected chi connectivity index (χ0v) is 24.6. The standard InChI is InChI=1S/C34H25N5O4S/c1-41-22-15-16-25(28(17-22)42-2)26-18-27(24-14-8-10-20-9-6-7-13-23(20)24)36-34-30(26)31(35)32(44-34)33(40)37-29-19-39(38-43-29)21-11-4-3-5-12-21/h3-19H,1-2H3,(H2-,35,37,38,40)/p+1. The number of benzene rings is 4. The summed E-state index contributed by atoms with van der Waals surface area (Å²) in [6, 6.07) is 31.4. The average molecular weight is 601 g/mol. The number of nitrogens with one attached hydrogen (secondary N) is 1. The number of carbonyl (C=O) groups is 1. The van der Waals surface area contributed by atoms with E-state index in [0.29, 0.717) is 32.3 Å². The minimum atomic E-state index is -0.429. The molecule has 0 aliphatic carbocycles. The van der Waals surface area contributed by atoms with Gasteiger partial charge in [-0.2, -0.15) is 0 Å². The number of hydrogen-bond acceptors (Lipinski definition) is 8. The number of anilines is 2. The number of methoxy groups -OCH3 is 2. The Bertz CT molecular complexity index is 2170. The number of hydrogen-bond donors (Lipinski definition) is 2. The quantitative estimate of drug-likeness (QED) is 0.191. The second-order valence-corrected chi connectivity index (χ2v) is 11.0. The summed E-state index contributed by atoms with van der Waals surface area (Å²) >= 11 is 1.22. The van der Waals surface area contributed by atoms with Gasteiger partial charge in [0.2, 0.25) is 11.0 Å². The molecule has 10 heteroatoms. The van der Waals surface area contributed by atoms with Crippen LogP contribution in [-0.4, -0.2) is 30.4 Å². The lowest BCUT2D eigenvalue weighted by molar-refractivity contribution is -0.670. The fourth-order valence-corrected chi connectivity index (χ4v) is 6.30. The number of pyridine rings is 1. The maximum atomic E-state index is 13.6. The Hall–Kier alpha value is -5.74. The fourth-order valence-electron chi connectivity index (χ4n) is 5.28. The van der Waals surface area contributed by atoms with Gasteiger partial charge in [-0.1, -0.05) is 60.7 Å². The SMILES string of the molecule is COc1ccc(-c2cc(-c3cccc4ccccc34)nc3sc(C(=O)Nc4c[n+](-c5ccccc5)no4)c(N)c23)c(OC)c1. The summed E-state index contributed by atoms with van der Waals surface area (Å²) in [4.78, 5) is 19.5. The van der Waals surface area contributed by atoms with E-state index >= 15 is 0 Å². The molecule has 0 saturated carbocycles. The lowest BCUT2D eigenvalue weighted by Gasteiger charge is -2.14. The largest absolute Gasteiger partial charge is 0.497 e. The number of nitrogen functional groups attached to an aromatic ring is 1. The smallest absolute Gasteiger partial charge is 0.303 e. The molecule has 0 aliphatic heterocycles. The molecule has 0 atom stereocenters. The first kappa shape index (κ1) is 27.1. The first-order valence-electron chi connectivity index (χ1n) is 13.7. The van der Waals surface area contributed by atoms with Crippen LogP contribution in [-0.2, 0) is 0 Å². The molecule has 0 radical (unpaired) electrons. The third-order valence-corrected chi connectivity index (χ3v) is 8.49. The minimum Gasteiger partial charge on any atom is -0.497 e. The molecule has 3 N–H and O–H groups in total. The van der Waals surface area contributed by atoms with Gasteiger partial charge in [-0.05, 0) is 39.2 Å². The van der Waals surface area contributed by atoms with E-state index in [1.54, 1.807) is 20.4 Å². The highest BCUT2D eigenvalue weighted by Crippen LogP contribution is 2.45. The number of thiophene rings is 1. The van der Waals surface area contributed by atoms with Crippen LogP contribution in [0.5, 0.6) is 11.5 Å². The van der Waals surface area contributed by atoms with Gasteiger partial charge in [-0.3, -0.25) is 14.6 Å². The lowest BCUT2D eigenvalue weighted by Crippen LogP contribution is -2.31. The highest BCUT2D eigenvalue weighted by molar-refractivity contribution is 7.21. The number of nitrogens with two attached hydrogens (primary N) is 1. The molecule has 4 aromatic carbocycles. The van der Waals surface area contributed by atoms with Crippen LogP contribution < -0.4 is 25.2 Å². The summed E-state index contributed by atoms with van der Waals surface area (Å²) < 4.78 is 18.1. The number of rotatable bonds is 7. The maximum absolute atomic E-state index is 13.6. The van der Waals surface area contributed by atoms with Crippen molar-refractivity contribution in [1.82, 2.24) is 10.3 Å². The first-order chi connectivity index (χ1) is 21.5. The van der Waals surface area contributed by atoms with Crippen molar-refractivity contribution >= 4 is 49.8 Å². The lowest BCUT2D eigenvalue weighted by atomic mass is 9.96. The van der Waals surface area contributed by atoms with E-state index in [4.69, 9.17) is 24.7 Å².